The number of nitrogens with zero attached hydrogens (tertiary/aromatic N) is 1. The van der Waals surface area contributed by atoms with Crippen molar-refractivity contribution < 1.29 is 47.3 Å². The van der Waals surface area contributed by atoms with Crippen molar-refractivity contribution in [2.75, 3.05) is 27.4 Å². The monoisotopic (exact) mass is 754 g/mol. The Balaban J connectivity index is 1.87. The summed E-state index contributed by atoms with van der Waals surface area (Å²) >= 11 is 0. The number of carbonyl (C=O) groups excluding carboxylic acids is 5. The molecule has 0 spiro atoms. The molecule has 2 aromatic carbocycles. The molecule has 0 unspecified atom stereocenters. The number of alkyl carbamates (subject to hydrolysis) is 1. The molecule has 296 valence electrons. The van der Waals surface area contributed by atoms with Crippen LogP contribution >= 0.6 is 0 Å². The summed E-state index contributed by atoms with van der Waals surface area (Å²) in [6, 6.07) is 7.85. The molecular weight excluding hydrogens is 699 g/mol. The van der Waals surface area contributed by atoms with Crippen LogP contribution in [0, 0.1) is 17.7 Å². The van der Waals surface area contributed by atoms with Gasteiger partial charge < -0.3 is 39.8 Å². The average Bonchev–Trinajstić information content (AvgIpc) is 3.11. The normalized spacial score (nSPS) is 16.3. The van der Waals surface area contributed by atoms with Gasteiger partial charge in [-0.05, 0) is 82.7 Å². The van der Waals surface area contributed by atoms with E-state index in [0.717, 1.165) is 5.56 Å². The van der Waals surface area contributed by atoms with E-state index in [1.165, 1.54) is 36.4 Å². The molecular formula is C40H55FN4O9. The van der Waals surface area contributed by atoms with Crippen molar-refractivity contribution in [1.82, 2.24) is 20.9 Å². The zero-order valence-corrected chi connectivity index (χ0v) is 32.5. The molecule has 0 aliphatic carbocycles. The Kier molecular flexibility index (Phi) is 16.3. The van der Waals surface area contributed by atoms with Crippen LogP contribution < -0.4 is 25.4 Å². The molecule has 14 heteroatoms. The van der Waals surface area contributed by atoms with Crippen LogP contribution in [-0.4, -0.2) is 85.8 Å². The van der Waals surface area contributed by atoms with E-state index in [9.17, 15) is 28.4 Å². The zero-order valence-electron chi connectivity index (χ0n) is 32.5. The van der Waals surface area contributed by atoms with Crippen molar-refractivity contribution in [1.29, 1.82) is 0 Å². The minimum absolute atomic E-state index is 0.0246. The van der Waals surface area contributed by atoms with Gasteiger partial charge in [-0.25, -0.2) is 14.0 Å². The lowest BCUT2D eigenvalue weighted by Crippen LogP contribution is -2.57. The molecule has 0 saturated carbocycles. The Labute approximate surface area is 317 Å². The summed E-state index contributed by atoms with van der Waals surface area (Å²) in [7, 11) is 3.11. The van der Waals surface area contributed by atoms with Gasteiger partial charge in [-0.1, -0.05) is 32.1 Å². The molecule has 2 aromatic rings. The van der Waals surface area contributed by atoms with Gasteiger partial charge in [0.2, 0.25) is 17.7 Å². The van der Waals surface area contributed by atoms with Gasteiger partial charge in [0.1, 0.15) is 35.0 Å². The number of hydrogen-bond acceptors (Lipinski definition) is 9. The first-order chi connectivity index (χ1) is 25.5. The molecule has 1 aliphatic heterocycles. The van der Waals surface area contributed by atoms with E-state index in [1.54, 1.807) is 72.8 Å². The highest BCUT2D eigenvalue weighted by Crippen LogP contribution is 2.29. The van der Waals surface area contributed by atoms with Crippen LogP contribution in [-0.2, 0) is 41.6 Å². The van der Waals surface area contributed by atoms with Crippen molar-refractivity contribution in [3.8, 4) is 11.5 Å². The Hall–Kier alpha value is -5.14. The number of hydrogen-bond donors (Lipinski definition) is 3. The van der Waals surface area contributed by atoms with Crippen molar-refractivity contribution in [3.63, 3.8) is 0 Å². The van der Waals surface area contributed by atoms with E-state index >= 15 is 0 Å². The second kappa shape index (κ2) is 20.4. The predicted molar refractivity (Wildman–Crippen MR) is 200 cm³/mol. The summed E-state index contributed by atoms with van der Waals surface area (Å²) in [4.78, 5) is 68.4. The number of esters is 1. The van der Waals surface area contributed by atoms with Gasteiger partial charge in [0.05, 0.1) is 20.8 Å². The summed E-state index contributed by atoms with van der Waals surface area (Å²) in [5, 5.41) is 8.27. The SMILES string of the molecule is CCOC(=O)/C=C/[C@H](C[C@@H]1CCCN(Cc2ccc(OC)cc2OC)C1=O)NC(=O)[C@H](Cc1ccc(F)cc1)NC(=O)[C@@H](NC(=O)OC(C)(C)C)C(C)C. The molecule has 1 saturated heterocycles. The van der Waals surface area contributed by atoms with Crippen molar-refractivity contribution in [3.05, 3.63) is 71.6 Å². The highest BCUT2D eigenvalue weighted by atomic mass is 19.1. The van der Waals surface area contributed by atoms with Crippen LogP contribution in [0.2, 0.25) is 0 Å². The number of rotatable bonds is 17. The zero-order chi connectivity index (χ0) is 40.0. The number of benzene rings is 2. The quantitative estimate of drug-likeness (QED) is 0.152. The van der Waals surface area contributed by atoms with Gasteiger partial charge in [-0.3, -0.25) is 14.4 Å². The Morgan fingerprint density at radius 2 is 1.69 bits per heavy atom. The van der Waals surface area contributed by atoms with E-state index in [4.69, 9.17) is 18.9 Å². The maximum Gasteiger partial charge on any atom is 0.408 e. The minimum atomic E-state index is -1.19. The highest BCUT2D eigenvalue weighted by molar-refractivity contribution is 5.92. The lowest BCUT2D eigenvalue weighted by atomic mass is 9.89. The van der Waals surface area contributed by atoms with E-state index in [0.29, 0.717) is 43.0 Å². The largest absolute Gasteiger partial charge is 0.497 e. The number of halogens is 1. The number of ether oxygens (including phenoxy) is 4. The third kappa shape index (κ3) is 13.7. The van der Waals surface area contributed by atoms with Crippen LogP contribution in [0.3, 0.4) is 0 Å². The van der Waals surface area contributed by atoms with Gasteiger partial charge >= 0.3 is 12.1 Å². The summed E-state index contributed by atoms with van der Waals surface area (Å²) in [5.74, 6) is -2.14. The lowest BCUT2D eigenvalue weighted by molar-refractivity contribution is -0.140. The van der Waals surface area contributed by atoms with E-state index in [1.807, 2.05) is 6.07 Å². The van der Waals surface area contributed by atoms with Crippen molar-refractivity contribution in [2.24, 2.45) is 11.8 Å². The number of amides is 4. The third-order valence-corrected chi connectivity index (χ3v) is 8.72. The van der Waals surface area contributed by atoms with Crippen molar-refractivity contribution in [2.45, 2.75) is 97.5 Å². The molecule has 0 bridgehead atoms. The lowest BCUT2D eigenvalue weighted by Gasteiger charge is -2.34. The first-order valence-electron chi connectivity index (χ1n) is 18.2. The second-order valence-electron chi connectivity index (χ2n) is 14.5. The van der Waals surface area contributed by atoms with Gasteiger partial charge in [0.25, 0.3) is 0 Å². The molecule has 13 nitrogen and oxygen atoms in total. The molecule has 1 heterocycles. The molecule has 0 aromatic heterocycles. The van der Waals surface area contributed by atoms with Gasteiger partial charge in [-0.15, -0.1) is 0 Å². The number of piperidine rings is 1. The highest BCUT2D eigenvalue weighted by Gasteiger charge is 2.34. The number of nitrogens with one attached hydrogen (secondary N) is 3. The van der Waals surface area contributed by atoms with Crippen LogP contribution in [0.1, 0.15) is 71.9 Å². The summed E-state index contributed by atoms with van der Waals surface area (Å²) < 4.78 is 35.1. The summed E-state index contributed by atoms with van der Waals surface area (Å²) in [6.07, 6.45) is 3.28. The molecule has 1 fully saturated rings. The van der Waals surface area contributed by atoms with Crippen LogP contribution in [0.25, 0.3) is 0 Å². The Morgan fingerprint density at radius 3 is 2.30 bits per heavy atom. The molecule has 3 rings (SSSR count). The fraction of sp³-hybridized carbons (Fsp3) is 0.525. The Morgan fingerprint density at radius 1 is 0.981 bits per heavy atom. The van der Waals surface area contributed by atoms with Gasteiger partial charge in [0.15, 0.2) is 0 Å². The number of carbonyl (C=O) groups is 5. The van der Waals surface area contributed by atoms with E-state index < -0.39 is 59.3 Å². The maximum atomic E-state index is 14.1. The second-order valence-corrected chi connectivity index (χ2v) is 14.5. The number of likely N-dealkylation sites (tertiary alicyclic amines) is 1. The molecule has 1 aliphatic rings. The van der Waals surface area contributed by atoms with E-state index in [-0.39, 0.29) is 31.3 Å². The molecule has 0 radical (unpaired) electrons. The molecule has 54 heavy (non-hydrogen) atoms. The number of methoxy groups -OCH3 is 2. The first kappa shape index (κ1) is 43.3. The minimum Gasteiger partial charge on any atom is -0.497 e. The molecule has 4 amide bonds. The summed E-state index contributed by atoms with van der Waals surface area (Å²) in [5.41, 5.74) is 0.557. The van der Waals surface area contributed by atoms with Crippen molar-refractivity contribution >= 4 is 29.8 Å². The fourth-order valence-electron chi connectivity index (χ4n) is 6.04. The average molecular weight is 755 g/mol. The maximum absolute atomic E-state index is 14.1. The van der Waals surface area contributed by atoms with Crippen LogP contribution in [0.15, 0.2) is 54.6 Å². The van der Waals surface area contributed by atoms with Gasteiger partial charge in [-0.2, -0.15) is 0 Å². The predicted octanol–water partition coefficient (Wildman–Crippen LogP) is 4.85. The molecule has 4 atom stereocenters. The van der Waals surface area contributed by atoms with Crippen LogP contribution in [0.5, 0.6) is 11.5 Å². The summed E-state index contributed by atoms with van der Waals surface area (Å²) in [6.45, 7) is 11.2. The Bertz CT molecular complexity index is 1620. The smallest absolute Gasteiger partial charge is 0.408 e. The topological polar surface area (TPSA) is 162 Å². The van der Waals surface area contributed by atoms with E-state index in [2.05, 4.69) is 16.0 Å². The fourth-order valence-corrected chi connectivity index (χ4v) is 6.04. The third-order valence-electron chi connectivity index (χ3n) is 8.72. The van der Waals surface area contributed by atoms with Gasteiger partial charge in [0, 0.05) is 49.2 Å². The first-order valence-corrected chi connectivity index (χ1v) is 18.2. The molecule has 3 N–H and O–H groups in total. The van der Waals surface area contributed by atoms with Crippen LogP contribution in [0.4, 0.5) is 9.18 Å². The standard InChI is InChI=1S/C40H55FN4O9/c1-9-53-34(46)19-17-30(22-27-11-10-20-45(38(27)49)24-28-14-18-31(51-7)23-33(28)52-8)42-36(47)32(21-26-12-15-29(41)16-13-26)43-37(48)35(25(2)3)44-39(50)54-40(4,5)6/h12-19,23,25,27,30,32,35H,9-11,20-22,24H2,1-8H3,(H,42,47)(H,43,48)(H,44,50)/b19-17+/t27-,30+,32-,35-/m0/s1.